The quantitative estimate of drug-likeness (QED) is 0.878. The zero-order valence-corrected chi connectivity index (χ0v) is 13.8. The molecule has 0 saturated carbocycles. The van der Waals surface area contributed by atoms with Crippen LogP contribution in [0.1, 0.15) is 37.8 Å². The Balaban J connectivity index is 0.00000220. The molecule has 1 aromatic carbocycles. The van der Waals surface area contributed by atoms with E-state index in [0.29, 0.717) is 18.4 Å². The molecule has 2 unspecified atom stereocenters. The second kappa shape index (κ2) is 9.06. The Labute approximate surface area is 134 Å². The lowest BCUT2D eigenvalue weighted by Gasteiger charge is -2.30. The van der Waals surface area contributed by atoms with Crippen LogP contribution in [0.2, 0.25) is 0 Å². The summed E-state index contributed by atoms with van der Waals surface area (Å²) in [6.07, 6.45) is 3.52. The third-order valence-electron chi connectivity index (χ3n) is 4.20. The number of carbonyl (C=O) groups excluding carboxylic acids is 1. The Bertz CT molecular complexity index is 433. The van der Waals surface area contributed by atoms with E-state index >= 15 is 0 Å². The minimum Gasteiger partial charge on any atom is -0.353 e. The molecule has 0 aliphatic carbocycles. The molecule has 1 heterocycles. The highest BCUT2D eigenvalue weighted by Gasteiger charge is 2.22. The molecule has 2 rings (SSSR count). The Hall–Kier alpha value is -1.06. The Kier molecular flexibility index (Phi) is 7.76. The Morgan fingerprint density at radius 3 is 2.57 bits per heavy atom. The van der Waals surface area contributed by atoms with E-state index in [4.69, 9.17) is 0 Å². The Morgan fingerprint density at radius 1 is 1.29 bits per heavy atom. The zero-order chi connectivity index (χ0) is 14.4. The number of hydrogen-bond donors (Lipinski definition) is 2. The van der Waals surface area contributed by atoms with Gasteiger partial charge in [0.25, 0.3) is 0 Å². The normalized spacial score (nSPS) is 21.4. The van der Waals surface area contributed by atoms with Crippen molar-refractivity contribution in [3.63, 3.8) is 0 Å². The van der Waals surface area contributed by atoms with Crippen molar-refractivity contribution in [2.24, 2.45) is 5.92 Å². The molecule has 21 heavy (non-hydrogen) atoms. The summed E-state index contributed by atoms with van der Waals surface area (Å²) in [4.78, 5) is 12.0. The highest BCUT2D eigenvalue weighted by molar-refractivity contribution is 5.85. The van der Waals surface area contributed by atoms with Crippen LogP contribution < -0.4 is 10.6 Å². The summed E-state index contributed by atoms with van der Waals surface area (Å²) in [5.41, 5.74) is 2.59. The number of carbonyl (C=O) groups is 1. The molecule has 1 amide bonds. The second-order valence-corrected chi connectivity index (χ2v) is 5.81. The second-order valence-electron chi connectivity index (χ2n) is 5.81. The van der Waals surface area contributed by atoms with E-state index in [1.165, 1.54) is 11.1 Å². The van der Waals surface area contributed by atoms with Gasteiger partial charge in [-0.3, -0.25) is 4.79 Å². The summed E-state index contributed by atoms with van der Waals surface area (Å²) in [7, 11) is 0. The monoisotopic (exact) mass is 310 g/mol. The molecule has 0 radical (unpaired) electrons. The molecule has 2 atom stereocenters. The van der Waals surface area contributed by atoms with E-state index in [2.05, 4.69) is 48.7 Å². The number of aryl methyl sites for hydroxylation is 2. The largest absolute Gasteiger partial charge is 0.353 e. The van der Waals surface area contributed by atoms with Gasteiger partial charge in [0.05, 0.1) is 0 Å². The molecule has 1 aromatic rings. The first-order chi connectivity index (χ1) is 9.69. The van der Waals surface area contributed by atoms with Crippen molar-refractivity contribution in [2.45, 2.75) is 45.6 Å². The van der Waals surface area contributed by atoms with Crippen LogP contribution in [0.3, 0.4) is 0 Å². The molecule has 2 N–H and O–H groups in total. The molecule has 1 aliphatic heterocycles. The minimum atomic E-state index is 0. The zero-order valence-electron chi connectivity index (χ0n) is 13.0. The highest BCUT2D eigenvalue weighted by Crippen LogP contribution is 2.11. The smallest absolute Gasteiger partial charge is 0.220 e. The van der Waals surface area contributed by atoms with Gasteiger partial charge in [-0.1, -0.05) is 38.1 Å². The molecule has 118 valence electrons. The van der Waals surface area contributed by atoms with Gasteiger partial charge in [-0.05, 0) is 49.4 Å². The molecule has 3 nitrogen and oxygen atoms in total. The van der Waals surface area contributed by atoms with Gasteiger partial charge in [0.15, 0.2) is 0 Å². The van der Waals surface area contributed by atoms with Crippen LogP contribution >= 0.6 is 12.4 Å². The van der Waals surface area contributed by atoms with E-state index in [0.717, 1.165) is 32.4 Å². The van der Waals surface area contributed by atoms with Crippen molar-refractivity contribution in [1.29, 1.82) is 0 Å². The van der Waals surface area contributed by atoms with Gasteiger partial charge >= 0.3 is 0 Å². The van der Waals surface area contributed by atoms with Gasteiger partial charge in [-0.2, -0.15) is 0 Å². The van der Waals surface area contributed by atoms with Crippen LogP contribution in [0, 0.1) is 5.92 Å². The van der Waals surface area contributed by atoms with Crippen LogP contribution in [0.25, 0.3) is 0 Å². The Morgan fingerprint density at radius 2 is 1.95 bits per heavy atom. The minimum absolute atomic E-state index is 0. The van der Waals surface area contributed by atoms with Crippen molar-refractivity contribution in [3.05, 3.63) is 35.4 Å². The predicted octanol–water partition coefficient (Wildman–Crippen LogP) is 2.72. The fourth-order valence-electron chi connectivity index (χ4n) is 2.71. The van der Waals surface area contributed by atoms with Gasteiger partial charge < -0.3 is 10.6 Å². The first kappa shape index (κ1) is 18.0. The van der Waals surface area contributed by atoms with E-state index in [1.54, 1.807) is 0 Å². The molecule has 1 saturated heterocycles. The van der Waals surface area contributed by atoms with Gasteiger partial charge in [0.1, 0.15) is 0 Å². The summed E-state index contributed by atoms with van der Waals surface area (Å²) in [6, 6.07) is 8.93. The lowest BCUT2D eigenvalue weighted by atomic mass is 9.95. The topological polar surface area (TPSA) is 41.1 Å². The molecule has 0 aromatic heterocycles. The maximum Gasteiger partial charge on any atom is 0.220 e. The van der Waals surface area contributed by atoms with Gasteiger partial charge in [-0.25, -0.2) is 0 Å². The van der Waals surface area contributed by atoms with Crippen LogP contribution in [0.5, 0.6) is 0 Å². The van der Waals surface area contributed by atoms with Gasteiger partial charge in [0, 0.05) is 12.5 Å². The summed E-state index contributed by atoms with van der Waals surface area (Å²) in [5.74, 6) is 0.708. The van der Waals surface area contributed by atoms with E-state index in [9.17, 15) is 4.79 Å². The van der Waals surface area contributed by atoms with Crippen molar-refractivity contribution < 1.29 is 4.79 Å². The molecule has 1 fully saturated rings. The van der Waals surface area contributed by atoms with Gasteiger partial charge in [-0.15, -0.1) is 12.4 Å². The number of hydrogen-bond acceptors (Lipinski definition) is 2. The maximum absolute atomic E-state index is 12.0. The third-order valence-corrected chi connectivity index (χ3v) is 4.20. The lowest BCUT2D eigenvalue weighted by molar-refractivity contribution is -0.122. The number of piperidine rings is 1. The third kappa shape index (κ3) is 5.68. The van der Waals surface area contributed by atoms with E-state index < -0.39 is 0 Å². The first-order valence-corrected chi connectivity index (χ1v) is 7.77. The lowest BCUT2D eigenvalue weighted by Crippen LogP contribution is -2.48. The van der Waals surface area contributed by atoms with Gasteiger partial charge in [0.2, 0.25) is 5.91 Å². The summed E-state index contributed by atoms with van der Waals surface area (Å²) in [5, 5.41) is 6.54. The van der Waals surface area contributed by atoms with Crippen LogP contribution in [-0.4, -0.2) is 25.0 Å². The van der Waals surface area contributed by atoms with Crippen LogP contribution in [0.4, 0.5) is 0 Å². The molecule has 4 heteroatoms. The standard InChI is InChI=1S/C17H26N2O.ClH/c1-3-14-4-6-15(7-5-14)8-9-17(20)19-16-10-11-18-12-13(16)2;/h4-7,13,16,18H,3,8-12H2,1-2H3,(H,19,20);1H. The molecular formula is C17H27ClN2O. The molecular weight excluding hydrogens is 284 g/mol. The molecule has 0 bridgehead atoms. The number of amides is 1. The predicted molar refractivity (Wildman–Crippen MR) is 90.0 cm³/mol. The van der Waals surface area contributed by atoms with E-state index in [1.807, 2.05) is 0 Å². The maximum atomic E-state index is 12.0. The SMILES string of the molecule is CCc1ccc(CCC(=O)NC2CCNCC2C)cc1.Cl. The van der Waals surface area contributed by atoms with Crippen molar-refractivity contribution in [1.82, 2.24) is 10.6 Å². The first-order valence-electron chi connectivity index (χ1n) is 7.77. The average molecular weight is 311 g/mol. The molecule has 1 aliphatic rings. The number of halogens is 1. The fraction of sp³-hybridized carbons (Fsp3) is 0.588. The average Bonchev–Trinajstić information content (AvgIpc) is 2.48. The number of rotatable bonds is 5. The van der Waals surface area contributed by atoms with Crippen molar-refractivity contribution in [2.75, 3.05) is 13.1 Å². The number of nitrogens with one attached hydrogen (secondary N) is 2. The van der Waals surface area contributed by atoms with Crippen molar-refractivity contribution >= 4 is 18.3 Å². The highest BCUT2D eigenvalue weighted by atomic mass is 35.5. The summed E-state index contributed by atoms with van der Waals surface area (Å²) in [6.45, 7) is 6.36. The fourth-order valence-corrected chi connectivity index (χ4v) is 2.71. The summed E-state index contributed by atoms with van der Waals surface area (Å²) >= 11 is 0. The van der Waals surface area contributed by atoms with Crippen LogP contribution in [0.15, 0.2) is 24.3 Å². The van der Waals surface area contributed by atoms with Crippen LogP contribution in [-0.2, 0) is 17.6 Å². The van der Waals surface area contributed by atoms with E-state index in [-0.39, 0.29) is 18.3 Å². The van der Waals surface area contributed by atoms with Crippen molar-refractivity contribution in [3.8, 4) is 0 Å². The number of benzene rings is 1. The molecule has 0 spiro atoms. The summed E-state index contributed by atoms with van der Waals surface area (Å²) < 4.78 is 0.